The van der Waals surface area contributed by atoms with Crippen molar-refractivity contribution in [1.82, 2.24) is 9.55 Å². The highest BCUT2D eigenvalue weighted by atomic mass is 32.2. The summed E-state index contributed by atoms with van der Waals surface area (Å²) in [5, 5.41) is 3.76. The molecule has 0 spiro atoms. The third-order valence-electron chi connectivity index (χ3n) is 8.22. The maximum atomic E-state index is 14.4. The van der Waals surface area contributed by atoms with Gasteiger partial charge in [-0.3, -0.25) is 14.2 Å². The molecule has 0 saturated carbocycles. The lowest BCUT2D eigenvalue weighted by Gasteiger charge is -2.33. The molecule has 1 aliphatic carbocycles. The zero-order valence-electron chi connectivity index (χ0n) is 25.0. The largest absolute Gasteiger partial charge is 0.497 e. The summed E-state index contributed by atoms with van der Waals surface area (Å²) >= 11 is 2.95. The lowest BCUT2D eigenvalue weighted by Crippen LogP contribution is -2.28. The summed E-state index contributed by atoms with van der Waals surface area (Å²) in [6.07, 6.45) is 3.86. The molecule has 41 heavy (non-hydrogen) atoms. The number of carbonyl (C=O) groups excluding carboxylic acids is 1. The van der Waals surface area contributed by atoms with Crippen LogP contribution in [0.25, 0.3) is 15.9 Å². The van der Waals surface area contributed by atoms with Gasteiger partial charge in [-0.05, 0) is 85.8 Å². The van der Waals surface area contributed by atoms with Crippen LogP contribution < -0.4 is 15.6 Å². The van der Waals surface area contributed by atoms with Gasteiger partial charge in [-0.1, -0.05) is 57.7 Å². The molecular weight excluding hydrogens is 551 g/mol. The third kappa shape index (κ3) is 5.95. The monoisotopic (exact) mass is 589 g/mol. The predicted molar refractivity (Wildman–Crippen MR) is 171 cm³/mol. The van der Waals surface area contributed by atoms with Crippen molar-refractivity contribution >= 4 is 44.9 Å². The lowest BCUT2D eigenvalue weighted by molar-refractivity contribution is -0.115. The number of methoxy groups -OCH3 is 1. The molecule has 1 aliphatic rings. The number of anilines is 1. The molecule has 0 fully saturated rings. The van der Waals surface area contributed by atoms with Crippen LogP contribution in [0.3, 0.4) is 0 Å². The topological polar surface area (TPSA) is 73.2 Å². The van der Waals surface area contributed by atoms with Crippen LogP contribution in [0.5, 0.6) is 5.75 Å². The van der Waals surface area contributed by atoms with Gasteiger partial charge in [0.1, 0.15) is 10.6 Å². The van der Waals surface area contributed by atoms with Crippen molar-refractivity contribution in [2.45, 2.75) is 77.6 Å². The highest BCUT2D eigenvalue weighted by Gasteiger charge is 2.33. The Morgan fingerprint density at radius 1 is 1.22 bits per heavy atom. The van der Waals surface area contributed by atoms with Crippen LogP contribution in [0.2, 0.25) is 0 Å². The number of amides is 1. The van der Waals surface area contributed by atoms with Crippen LogP contribution >= 0.6 is 23.1 Å². The van der Waals surface area contributed by atoms with Gasteiger partial charge in [0.05, 0.1) is 23.4 Å². The quantitative estimate of drug-likeness (QED) is 0.178. The van der Waals surface area contributed by atoms with Crippen LogP contribution in [0.1, 0.15) is 62.6 Å². The van der Waals surface area contributed by atoms with Gasteiger partial charge >= 0.3 is 0 Å². The van der Waals surface area contributed by atoms with Gasteiger partial charge < -0.3 is 10.1 Å². The minimum atomic E-state index is -0.484. The van der Waals surface area contributed by atoms with E-state index >= 15 is 0 Å². The maximum absolute atomic E-state index is 14.4. The molecule has 2 heterocycles. The summed E-state index contributed by atoms with van der Waals surface area (Å²) in [5.74, 6) is 1.09. The normalized spacial score (nSPS) is 15.9. The number of aryl methyl sites for hydroxylation is 3. The second-order valence-electron chi connectivity index (χ2n) is 12.0. The van der Waals surface area contributed by atoms with E-state index < -0.39 is 5.25 Å². The number of nitrogens with zero attached hydrogens (tertiary/aromatic N) is 2. The van der Waals surface area contributed by atoms with Gasteiger partial charge in [-0.15, -0.1) is 11.3 Å². The van der Waals surface area contributed by atoms with Gasteiger partial charge in [0.15, 0.2) is 5.16 Å². The molecule has 0 saturated heterocycles. The molecule has 5 rings (SSSR count). The number of rotatable bonds is 7. The van der Waals surface area contributed by atoms with Gasteiger partial charge in [-0.25, -0.2) is 4.98 Å². The van der Waals surface area contributed by atoms with Crippen molar-refractivity contribution in [2.75, 3.05) is 12.4 Å². The number of aromatic nitrogens is 2. The van der Waals surface area contributed by atoms with E-state index in [0.29, 0.717) is 16.8 Å². The van der Waals surface area contributed by atoms with Crippen LogP contribution in [-0.4, -0.2) is 27.8 Å². The molecule has 1 amide bonds. The minimum absolute atomic E-state index is 0.0803. The summed E-state index contributed by atoms with van der Waals surface area (Å²) in [5.41, 5.74) is 4.90. The van der Waals surface area contributed by atoms with Gasteiger partial charge in [0.2, 0.25) is 5.91 Å². The molecular formula is C33H39N3O3S2. The summed E-state index contributed by atoms with van der Waals surface area (Å²) in [6.45, 7) is 12.8. The van der Waals surface area contributed by atoms with Crippen molar-refractivity contribution in [3.8, 4) is 11.4 Å². The molecule has 0 unspecified atom stereocenters. The zero-order chi connectivity index (χ0) is 29.5. The molecule has 8 heteroatoms. The second kappa shape index (κ2) is 11.6. The van der Waals surface area contributed by atoms with E-state index in [0.717, 1.165) is 58.4 Å². The summed E-state index contributed by atoms with van der Waals surface area (Å²) in [6, 6.07) is 13.6. The Kier molecular flexibility index (Phi) is 8.35. The van der Waals surface area contributed by atoms with Crippen molar-refractivity contribution in [3.05, 3.63) is 74.4 Å². The van der Waals surface area contributed by atoms with Crippen molar-refractivity contribution in [2.24, 2.45) is 11.3 Å². The maximum Gasteiger partial charge on any atom is 0.267 e. The second-order valence-corrected chi connectivity index (χ2v) is 14.4. The first-order valence-electron chi connectivity index (χ1n) is 14.3. The average Bonchev–Trinajstić information content (AvgIpc) is 3.31. The summed E-state index contributed by atoms with van der Waals surface area (Å²) in [7, 11) is 1.62. The van der Waals surface area contributed by atoms with E-state index in [1.165, 1.54) is 22.2 Å². The van der Waals surface area contributed by atoms with Gasteiger partial charge in [0, 0.05) is 16.6 Å². The number of nitrogens with one attached hydrogen (secondary N) is 1. The highest BCUT2D eigenvalue weighted by molar-refractivity contribution is 8.00. The molecule has 6 nitrogen and oxygen atoms in total. The van der Waals surface area contributed by atoms with Gasteiger partial charge in [0.25, 0.3) is 5.56 Å². The number of hydrogen-bond donors (Lipinski definition) is 1. The first-order valence-corrected chi connectivity index (χ1v) is 16.0. The third-order valence-corrected chi connectivity index (χ3v) is 10.4. The molecule has 2 aromatic carbocycles. The first-order chi connectivity index (χ1) is 19.5. The molecule has 2 aromatic heterocycles. The van der Waals surface area contributed by atoms with Crippen LogP contribution in [-0.2, 0) is 24.1 Å². The fourth-order valence-electron chi connectivity index (χ4n) is 5.47. The molecule has 0 aliphatic heterocycles. The van der Waals surface area contributed by atoms with Crippen LogP contribution in [0.15, 0.2) is 52.4 Å². The van der Waals surface area contributed by atoms with Crippen molar-refractivity contribution < 1.29 is 9.53 Å². The number of carbonyl (C=O) groups is 1. The Morgan fingerprint density at radius 2 is 1.95 bits per heavy atom. The molecule has 0 bridgehead atoms. The van der Waals surface area contributed by atoms with Crippen LogP contribution in [0, 0.1) is 18.3 Å². The zero-order valence-corrected chi connectivity index (χ0v) is 26.6. The van der Waals surface area contributed by atoms with E-state index in [2.05, 4.69) is 33.0 Å². The highest BCUT2D eigenvalue weighted by Crippen LogP contribution is 2.43. The van der Waals surface area contributed by atoms with E-state index in [4.69, 9.17) is 9.72 Å². The number of ether oxygens (including phenoxy) is 1. The van der Waals surface area contributed by atoms with E-state index in [9.17, 15) is 9.59 Å². The standard InChI is InChI=1S/C33H39N3O3S2/c1-8-21-10-13-23(14-11-21)34-29(37)20(3)40-32-35-30-28(25-16-12-22(33(4,5)6)17-27(25)41-30)31(38)36(32)26-18-24(39-7)15-9-19(26)2/h9-11,13-15,18,20,22H,8,12,16-17H2,1-7H3,(H,34,37)/t20-,22+/m1/s1. The number of fused-ring (bicyclic) bond motifs is 3. The Hall–Kier alpha value is -3.10. The van der Waals surface area contributed by atoms with E-state index in [1.807, 2.05) is 56.3 Å². The number of thiophene rings is 1. The van der Waals surface area contributed by atoms with E-state index in [-0.39, 0.29) is 16.9 Å². The number of hydrogen-bond acceptors (Lipinski definition) is 6. The lowest BCUT2D eigenvalue weighted by atomic mass is 9.72. The number of benzene rings is 2. The average molecular weight is 590 g/mol. The Labute approximate surface area is 250 Å². The SMILES string of the molecule is CCc1ccc(NC(=O)[C@@H](C)Sc2nc3sc4c(c3c(=O)n2-c2cc(OC)ccc2C)CC[C@H](C(C)(C)C)C4)cc1. The summed E-state index contributed by atoms with van der Waals surface area (Å²) < 4.78 is 7.20. The summed E-state index contributed by atoms with van der Waals surface area (Å²) in [4.78, 5) is 34.8. The molecule has 4 aromatic rings. The Morgan fingerprint density at radius 3 is 2.61 bits per heavy atom. The molecule has 216 valence electrons. The minimum Gasteiger partial charge on any atom is -0.497 e. The molecule has 2 atom stereocenters. The number of thioether (sulfide) groups is 1. The van der Waals surface area contributed by atoms with Gasteiger partial charge in [-0.2, -0.15) is 0 Å². The van der Waals surface area contributed by atoms with E-state index in [1.54, 1.807) is 23.0 Å². The van der Waals surface area contributed by atoms with Crippen molar-refractivity contribution in [3.63, 3.8) is 0 Å². The smallest absolute Gasteiger partial charge is 0.267 e. The first kappa shape index (κ1) is 29.4. The molecule has 0 radical (unpaired) electrons. The fourth-order valence-corrected chi connectivity index (χ4v) is 7.73. The Bertz CT molecular complexity index is 1650. The molecule has 1 N–H and O–H groups in total. The fraction of sp³-hybridized carbons (Fsp3) is 0.424. The van der Waals surface area contributed by atoms with Crippen molar-refractivity contribution in [1.29, 1.82) is 0 Å². The Balaban J connectivity index is 1.58. The predicted octanol–water partition coefficient (Wildman–Crippen LogP) is 7.60. The van der Waals surface area contributed by atoms with Crippen LogP contribution in [0.4, 0.5) is 5.69 Å².